The second kappa shape index (κ2) is 6.17. The van der Waals surface area contributed by atoms with Gasteiger partial charge < -0.3 is 14.3 Å². The number of rotatable bonds is 7. The highest BCUT2D eigenvalue weighted by Crippen LogP contribution is 2.26. The van der Waals surface area contributed by atoms with E-state index in [4.69, 9.17) is 14.3 Å². The Morgan fingerprint density at radius 2 is 1.90 bits per heavy atom. The highest BCUT2D eigenvalue weighted by molar-refractivity contribution is 7.89. The molecule has 1 heterocycles. The molecule has 0 aliphatic carbocycles. The SMILES string of the molecule is CCOC(C)(C)CNS(=O)(=O)c1c(C)oc(C)c1C(=O)O. The van der Waals surface area contributed by atoms with Crippen LogP contribution in [0.5, 0.6) is 0 Å². The fourth-order valence-corrected chi connectivity index (χ4v) is 3.62. The van der Waals surface area contributed by atoms with Crippen LogP contribution in [0.2, 0.25) is 0 Å². The normalized spacial score (nSPS) is 12.6. The van der Waals surface area contributed by atoms with E-state index in [0.717, 1.165) is 0 Å². The first kappa shape index (κ1) is 17.7. The smallest absolute Gasteiger partial charge is 0.340 e. The van der Waals surface area contributed by atoms with Crippen molar-refractivity contribution in [3.63, 3.8) is 0 Å². The van der Waals surface area contributed by atoms with Gasteiger partial charge in [0.1, 0.15) is 22.0 Å². The molecule has 7 nitrogen and oxygen atoms in total. The van der Waals surface area contributed by atoms with Crippen molar-refractivity contribution in [2.24, 2.45) is 0 Å². The Kier molecular flexibility index (Phi) is 5.19. The molecule has 0 spiro atoms. The summed E-state index contributed by atoms with van der Waals surface area (Å²) in [4.78, 5) is 10.9. The lowest BCUT2D eigenvalue weighted by atomic mass is 10.1. The monoisotopic (exact) mass is 319 g/mol. The van der Waals surface area contributed by atoms with Gasteiger partial charge in [-0.05, 0) is 34.6 Å². The van der Waals surface area contributed by atoms with Gasteiger partial charge in [0.25, 0.3) is 0 Å². The van der Waals surface area contributed by atoms with E-state index in [-0.39, 0.29) is 28.5 Å². The van der Waals surface area contributed by atoms with Crippen molar-refractivity contribution < 1.29 is 27.5 Å². The molecule has 0 saturated heterocycles. The molecule has 0 atom stereocenters. The predicted molar refractivity (Wildman–Crippen MR) is 76.0 cm³/mol. The number of sulfonamides is 1. The van der Waals surface area contributed by atoms with Crippen molar-refractivity contribution in [3.05, 3.63) is 17.1 Å². The Morgan fingerprint density at radius 3 is 2.38 bits per heavy atom. The van der Waals surface area contributed by atoms with Crippen LogP contribution in [0, 0.1) is 13.8 Å². The maximum atomic E-state index is 12.4. The van der Waals surface area contributed by atoms with Gasteiger partial charge in [-0.1, -0.05) is 0 Å². The Hall–Kier alpha value is -1.38. The summed E-state index contributed by atoms with van der Waals surface area (Å²) in [6.07, 6.45) is 0. The summed E-state index contributed by atoms with van der Waals surface area (Å²) in [7, 11) is -4.00. The van der Waals surface area contributed by atoms with Gasteiger partial charge in [0.15, 0.2) is 0 Å². The first-order valence-electron chi connectivity index (χ1n) is 6.48. The van der Waals surface area contributed by atoms with Crippen LogP contribution in [0.15, 0.2) is 9.31 Å². The van der Waals surface area contributed by atoms with Crippen LogP contribution in [0.3, 0.4) is 0 Å². The predicted octanol–water partition coefficient (Wildman–Crippen LogP) is 1.69. The third kappa shape index (κ3) is 4.05. The maximum absolute atomic E-state index is 12.4. The van der Waals surface area contributed by atoms with Crippen molar-refractivity contribution in [2.45, 2.75) is 45.1 Å². The zero-order chi connectivity index (χ0) is 16.4. The van der Waals surface area contributed by atoms with Crippen LogP contribution in [0.25, 0.3) is 0 Å². The average Bonchev–Trinajstić information content (AvgIpc) is 2.63. The summed E-state index contributed by atoms with van der Waals surface area (Å²) in [6, 6.07) is 0. The molecular formula is C13H21NO6S. The van der Waals surface area contributed by atoms with Crippen molar-refractivity contribution in [1.29, 1.82) is 0 Å². The van der Waals surface area contributed by atoms with E-state index in [1.54, 1.807) is 13.8 Å². The average molecular weight is 319 g/mol. The van der Waals surface area contributed by atoms with E-state index < -0.39 is 21.6 Å². The third-order valence-corrected chi connectivity index (χ3v) is 4.46. The Bertz CT molecular complexity index is 629. The van der Waals surface area contributed by atoms with Crippen LogP contribution in [-0.4, -0.2) is 38.2 Å². The number of carbonyl (C=O) groups is 1. The number of carboxylic acid groups (broad SMARTS) is 1. The number of nitrogens with one attached hydrogen (secondary N) is 1. The fourth-order valence-electron chi connectivity index (χ4n) is 2.02. The molecule has 21 heavy (non-hydrogen) atoms. The number of carboxylic acids is 1. The molecule has 0 aromatic carbocycles. The molecule has 1 aromatic heterocycles. The molecule has 0 unspecified atom stereocenters. The molecule has 2 N–H and O–H groups in total. The van der Waals surface area contributed by atoms with Gasteiger partial charge in [0.05, 0.1) is 5.60 Å². The molecule has 0 fully saturated rings. The van der Waals surface area contributed by atoms with Gasteiger partial charge in [-0.3, -0.25) is 0 Å². The second-order valence-corrected chi connectivity index (χ2v) is 6.94. The quantitative estimate of drug-likeness (QED) is 0.792. The van der Waals surface area contributed by atoms with Gasteiger partial charge in [0, 0.05) is 13.2 Å². The summed E-state index contributed by atoms with van der Waals surface area (Å²) >= 11 is 0. The number of furan rings is 1. The molecule has 0 saturated carbocycles. The lowest BCUT2D eigenvalue weighted by Crippen LogP contribution is -2.40. The third-order valence-electron chi connectivity index (χ3n) is 2.91. The van der Waals surface area contributed by atoms with E-state index >= 15 is 0 Å². The highest BCUT2D eigenvalue weighted by atomic mass is 32.2. The molecule has 1 rings (SSSR count). The molecule has 8 heteroatoms. The summed E-state index contributed by atoms with van der Waals surface area (Å²) < 4.78 is 37.6. The highest BCUT2D eigenvalue weighted by Gasteiger charge is 2.32. The van der Waals surface area contributed by atoms with Crippen LogP contribution in [0.4, 0.5) is 0 Å². The lowest BCUT2D eigenvalue weighted by molar-refractivity contribution is -0.00515. The summed E-state index contributed by atoms with van der Waals surface area (Å²) in [5.74, 6) is -1.23. The number of aryl methyl sites for hydroxylation is 2. The van der Waals surface area contributed by atoms with Crippen LogP contribution in [-0.2, 0) is 14.8 Å². The van der Waals surface area contributed by atoms with E-state index in [1.165, 1.54) is 13.8 Å². The van der Waals surface area contributed by atoms with Crippen molar-refractivity contribution >= 4 is 16.0 Å². The zero-order valence-electron chi connectivity index (χ0n) is 12.8. The molecule has 0 amide bonds. The molecule has 0 radical (unpaired) electrons. The largest absolute Gasteiger partial charge is 0.478 e. The Balaban J connectivity index is 3.13. The fraction of sp³-hybridized carbons (Fsp3) is 0.615. The number of aromatic carboxylic acids is 1. The van der Waals surface area contributed by atoms with Gasteiger partial charge in [-0.2, -0.15) is 0 Å². The van der Waals surface area contributed by atoms with E-state index in [9.17, 15) is 13.2 Å². The van der Waals surface area contributed by atoms with Crippen molar-refractivity contribution in [1.82, 2.24) is 4.72 Å². The molecule has 0 aliphatic rings. The first-order valence-corrected chi connectivity index (χ1v) is 7.97. The minimum absolute atomic E-state index is 0.0197. The van der Waals surface area contributed by atoms with Crippen molar-refractivity contribution in [3.8, 4) is 0 Å². The van der Waals surface area contributed by atoms with E-state index in [0.29, 0.717) is 6.61 Å². The minimum atomic E-state index is -4.00. The second-order valence-electron chi connectivity index (χ2n) is 5.24. The number of hydrogen-bond acceptors (Lipinski definition) is 5. The van der Waals surface area contributed by atoms with Crippen LogP contribution < -0.4 is 4.72 Å². The van der Waals surface area contributed by atoms with Gasteiger partial charge >= 0.3 is 5.97 Å². The standard InChI is InChI=1S/C13H21NO6S/c1-6-19-13(4,5)7-14-21(17,18)11-9(3)20-8(2)10(11)12(15)16/h14H,6-7H2,1-5H3,(H,15,16). The molecule has 0 aliphatic heterocycles. The summed E-state index contributed by atoms with van der Waals surface area (Å²) in [5, 5.41) is 9.16. The van der Waals surface area contributed by atoms with Gasteiger partial charge in [0.2, 0.25) is 10.0 Å². The summed E-state index contributed by atoms with van der Waals surface area (Å²) in [5.41, 5.74) is -1.04. The van der Waals surface area contributed by atoms with E-state index in [1.807, 2.05) is 6.92 Å². The van der Waals surface area contributed by atoms with Crippen LogP contribution >= 0.6 is 0 Å². The topological polar surface area (TPSA) is 106 Å². The van der Waals surface area contributed by atoms with Gasteiger partial charge in [-0.15, -0.1) is 0 Å². The Labute approximate surface area is 124 Å². The Morgan fingerprint density at radius 1 is 1.33 bits per heavy atom. The molecule has 0 bridgehead atoms. The minimum Gasteiger partial charge on any atom is -0.478 e. The zero-order valence-corrected chi connectivity index (χ0v) is 13.6. The molecule has 120 valence electrons. The number of ether oxygens (including phenoxy) is 1. The van der Waals surface area contributed by atoms with Gasteiger partial charge in [-0.25, -0.2) is 17.9 Å². The van der Waals surface area contributed by atoms with Crippen LogP contribution in [0.1, 0.15) is 42.6 Å². The molecular weight excluding hydrogens is 298 g/mol. The summed E-state index contributed by atoms with van der Waals surface area (Å²) in [6.45, 7) is 8.59. The molecule has 1 aromatic rings. The lowest BCUT2D eigenvalue weighted by Gasteiger charge is -2.24. The van der Waals surface area contributed by atoms with E-state index in [2.05, 4.69) is 4.72 Å². The maximum Gasteiger partial charge on any atom is 0.340 e. The number of hydrogen-bond donors (Lipinski definition) is 2. The van der Waals surface area contributed by atoms with Crippen molar-refractivity contribution in [2.75, 3.05) is 13.2 Å². The first-order chi connectivity index (χ1) is 9.52.